The zero-order valence-electron chi connectivity index (χ0n) is 38.3. The van der Waals surface area contributed by atoms with Gasteiger partial charge in [-0.2, -0.15) is 30.0 Å². The molecule has 0 radical (unpaired) electrons. The highest BCUT2D eigenvalue weighted by atomic mass is 35.5. The van der Waals surface area contributed by atoms with E-state index in [1.54, 1.807) is 60.0 Å². The summed E-state index contributed by atoms with van der Waals surface area (Å²) in [5, 5.41) is 26.4. The number of primary amides is 1. The SMILES string of the molecule is C[C@@H]1CC[C@@H](c2nc(C(=O)O)c(-c3ccccc3)o2)CN1C(=O)c1ccccc1-n1nccn1.C[C@@H]1CC[C@@H](c2nc(C(N)=O)c(-c3ccccc3)o2)CN1C(=O)c1ccccc1-n1nccn1.Cl.N. The summed E-state index contributed by atoms with van der Waals surface area (Å²) >= 11 is 0. The van der Waals surface area contributed by atoms with Gasteiger partial charge in [-0.15, -0.1) is 12.4 Å². The third-order valence-electron chi connectivity index (χ3n) is 12.3. The number of likely N-dealkylation sites (tertiary alicyclic amines) is 2. The summed E-state index contributed by atoms with van der Waals surface area (Å²) < 4.78 is 12.1. The number of nitrogens with zero attached hydrogens (tertiary/aromatic N) is 10. The van der Waals surface area contributed by atoms with Crippen molar-refractivity contribution in [2.24, 2.45) is 5.73 Å². The minimum Gasteiger partial charge on any atom is -0.476 e. The predicted octanol–water partition coefficient (Wildman–Crippen LogP) is 8.04. The van der Waals surface area contributed by atoms with Gasteiger partial charge in [0.1, 0.15) is 0 Å². The number of para-hydroxylation sites is 2. The summed E-state index contributed by atoms with van der Waals surface area (Å²) in [5.74, 6) is -1.09. The summed E-state index contributed by atoms with van der Waals surface area (Å²) in [4.78, 5) is 66.5. The number of aromatic nitrogens is 8. The van der Waals surface area contributed by atoms with Crippen molar-refractivity contribution >= 4 is 36.1 Å². The Balaban J connectivity index is 0.000000201. The van der Waals surface area contributed by atoms with Crippen LogP contribution in [0.25, 0.3) is 34.0 Å². The molecule has 0 unspecified atom stereocenters. The van der Waals surface area contributed by atoms with Gasteiger partial charge in [0.25, 0.3) is 17.7 Å². The standard InChI is InChI=1S/C25H24N6O3.C25H23N5O4.ClH.H3N/c1-16-11-12-18(24-29-21(23(26)32)22(34-24)17-7-3-2-4-8-17)15-30(16)25(33)19-9-5-6-10-20(19)31-27-13-14-28-31;1-16-11-12-18(23-28-21(25(32)33)22(34-23)17-7-3-2-4-8-17)15-29(16)24(31)19-9-5-6-10-20(19)30-26-13-14-27-30;;/h2-10,13-14,16,18H,11-12,15H2,1H3,(H2,26,32);2-10,13-14,16,18H,11-12,15H2,1H3,(H,32,33);1H;1H3/t2*16-,18-;;/m11../s1. The molecular weight excluding hydrogens is 916 g/mol. The number of carbonyl (C=O) groups excluding carboxylic acids is 3. The fraction of sp³-hybridized carbons (Fsp3) is 0.240. The summed E-state index contributed by atoms with van der Waals surface area (Å²) in [6.07, 6.45) is 9.30. The molecule has 0 bridgehead atoms. The largest absolute Gasteiger partial charge is 0.476 e. The highest BCUT2D eigenvalue weighted by molar-refractivity contribution is 5.99. The molecule has 4 atom stereocenters. The number of hydrogen-bond donors (Lipinski definition) is 3. The molecule has 2 aliphatic rings. The number of carboxylic acid groups (broad SMARTS) is 1. The lowest BCUT2D eigenvalue weighted by atomic mass is 9.92. The zero-order valence-corrected chi connectivity index (χ0v) is 39.1. The van der Waals surface area contributed by atoms with Crippen LogP contribution in [0, 0.1) is 0 Å². The average Bonchev–Trinajstić information content (AvgIpc) is 4.23. The summed E-state index contributed by atoms with van der Waals surface area (Å²) in [6.45, 7) is 4.82. The Kier molecular flexibility index (Phi) is 15.4. The fourth-order valence-electron chi connectivity index (χ4n) is 8.74. The Morgan fingerprint density at radius 3 is 1.33 bits per heavy atom. The van der Waals surface area contributed by atoms with E-state index in [0.717, 1.165) is 31.2 Å². The Bertz CT molecular complexity index is 2850. The highest BCUT2D eigenvalue weighted by Crippen LogP contribution is 2.37. The molecule has 2 fully saturated rings. The van der Waals surface area contributed by atoms with E-state index in [1.807, 2.05) is 97.6 Å². The third kappa shape index (κ3) is 10.2. The topological polar surface area (TPSA) is 269 Å². The second-order valence-corrected chi connectivity index (χ2v) is 16.7. The van der Waals surface area contributed by atoms with Crippen molar-refractivity contribution < 1.29 is 33.1 Å². The van der Waals surface area contributed by atoms with E-state index in [4.69, 9.17) is 14.6 Å². The first kappa shape index (κ1) is 49.6. The molecule has 6 N–H and O–H groups in total. The number of carboxylic acids is 1. The summed E-state index contributed by atoms with van der Waals surface area (Å²) in [7, 11) is 0. The van der Waals surface area contributed by atoms with Gasteiger partial charge in [-0.25, -0.2) is 14.8 Å². The van der Waals surface area contributed by atoms with Crippen molar-refractivity contribution in [3.8, 4) is 34.0 Å². The first-order chi connectivity index (χ1) is 33.0. The number of amides is 3. The number of hydrogen-bond acceptors (Lipinski definition) is 13. The van der Waals surface area contributed by atoms with E-state index in [1.165, 1.54) is 9.59 Å². The quantitative estimate of drug-likeness (QED) is 0.117. The lowest BCUT2D eigenvalue weighted by Crippen LogP contribution is -2.45. The van der Waals surface area contributed by atoms with Crippen LogP contribution in [-0.2, 0) is 0 Å². The van der Waals surface area contributed by atoms with Crippen LogP contribution in [-0.4, -0.2) is 104 Å². The molecule has 20 heteroatoms. The number of carbonyl (C=O) groups is 4. The second-order valence-electron chi connectivity index (χ2n) is 16.7. The van der Waals surface area contributed by atoms with Gasteiger partial charge in [0, 0.05) is 36.3 Å². The molecule has 2 aliphatic heterocycles. The minimum absolute atomic E-state index is 0. The summed E-state index contributed by atoms with van der Waals surface area (Å²) in [6, 6.07) is 32.9. The van der Waals surface area contributed by atoms with E-state index in [-0.39, 0.29) is 71.4 Å². The number of aromatic carboxylic acids is 1. The van der Waals surface area contributed by atoms with Crippen molar-refractivity contribution in [1.29, 1.82) is 0 Å². The molecule has 6 heterocycles. The van der Waals surface area contributed by atoms with Crippen molar-refractivity contribution in [2.45, 2.75) is 63.5 Å². The summed E-state index contributed by atoms with van der Waals surface area (Å²) in [5.41, 5.74) is 9.18. The van der Waals surface area contributed by atoms with Crippen LogP contribution < -0.4 is 11.9 Å². The lowest BCUT2D eigenvalue weighted by molar-refractivity contribution is 0.0589. The minimum atomic E-state index is -1.15. The smallest absolute Gasteiger partial charge is 0.358 e. The van der Waals surface area contributed by atoms with Gasteiger partial charge in [-0.3, -0.25) is 14.4 Å². The molecule has 4 aromatic heterocycles. The Morgan fingerprint density at radius 2 is 0.929 bits per heavy atom. The third-order valence-corrected chi connectivity index (χ3v) is 12.3. The van der Waals surface area contributed by atoms with Crippen LogP contribution in [0.5, 0.6) is 0 Å². The average molecular weight is 967 g/mol. The molecule has 8 aromatic rings. The molecule has 2 saturated heterocycles. The van der Waals surface area contributed by atoms with Gasteiger partial charge >= 0.3 is 5.97 Å². The highest BCUT2D eigenvalue weighted by Gasteiger charge is 2.37. The predicted molar refractivity (Wildman–Crippen MR) is 259 cm³/mol. The number of oxazole rings is 2. The first-order valence-electron chi connectivity index (χ1n) is 22.2. The van der Waals surface area contributed by atoms with Crippen molar-refractivity contribution in [1.82, 2.24) is 55.9 Å². The maximum atomic E-state index is 13.6. The van der Waals surface area contributed by atoms with E-state index in [9.17, 15) is 24.3 Å². The lowest BCUT2D eigenvalue weighted by Gasteiger charge is -2.37. The van der Waals surface area contributed by atoms with Crippen molar-refractivity contribution in [2.75, 3.05) is 13.1 Å². The van der Waals surface area contributed by atoms with Gasteiger partial charge in [0.15, 0.2) is 22.9 Å². The van der Waals surface area contributed by atoms with Gasteiger partial charge in [-0.05, 0) is 63.8 Å². The first-order valence-corrected chi connectivity index (χ1v) is 22.2. The maximum absolute atomic E-state index is 13.6. The number of halogens is 1. The fourth-order valence-corrected chi connectivity index (χ4v) is 8.74. The molecule has 70 heavy (non-hydrogen) atoms. The van der Waals surface area contributed by atoms with Crippen molar-refractivity contribution in [3.63, 3.8) is 0 Å². The normalized spacial score (nSPS) is 17.6. The van der Waals surface area contributed by atoms with Crippen LogP contribution in [0.3, 0.4) is 0 Å². The molecule has 10 rings (SSSR count). The van der Waals surface area contributed by atoms with E-state index in [2.05, 4.69) is 30.4 Å². The van der Waals surface area contributed by atoms with Crippen LogP contribution in [0.15, 0.2) is 143 Å². The molecule has 0 spiro atoms. The van der Waals surface area contributed by atoms with Gasteiger partial charge < -0.3 is 35.6 Å². The van der Waals surface area contributed by atoms with Crippen LogP contribution in [0.4, 0.5) is 0 Å². The van der Waals surface area contributed by atoms with Crippen LogP contribution in [0.2, 0.25) is 0 Å². The van der Waals surface area contributed by atoms with Gasteiger partial charge in [0.05, 0.1) is 59.1 Å². The molecule has 0 saturated carbocycles. The molecular formula is C50H51ClN12O7. The van der Waals surface area contributed by atoms with E-state index in [0.29, 0.717) is 58.7 Å². The monoisotopic (exact) mass is 966 g/mol. The number of benzene rings is 4. The Morgan fingerprint density at radius 1 is 0.557 bits per heavy atom. The number of nitrogens with two attached hydrogens (primary N) is 1. The van der Waals surface area contributed by atoms with Crippen molar-refractivity contribution in [3.05, 3.63) is 168 Å². The second kappa shape index (κ2) is 21.8. The molecule has 0 aliphatic carbocycles. The zero-order chi connectivity index (χ0) is 47.3. The maximum Gasteiger partial charge on any atom is 0.358 e. The molecule has 19 nitrogen and oxygen atoms in total. The molecule has 4 aromatic carbocycles. The molecule has 3 amide bonds. The van der Waals surface area contributed by atoms with E-state index >= 15 is 0 Å². The van der Waals surface area contributed by atoms with Gasteiger partial charge in [-0.1, -0.05) is 84.9 Å². The molecule has 360 valence electrons. The van der Waals surface area contributed by atoms with Gasteiger partial charge in [0.2, 0.25) is 11.8 Å². The number of piperidine rings is 2. The Labute approximate surface area is 408 Å². The van der Waals surface area contributed by atoms with Crippen LogP contribution in [0.1, 0.15) is 105 Å². The van der Waals surface area contributed by atoms with E-state index < -0.39 is 11.9 Å². The van der Waals surface area contributed by atoms with Crippen LogP contribution >= 0.6 is 12.4 Å². The number of rotatable bonds is 10. The Hall–Kier alpha value is -8.29.